The molecule has 1 fully saturated rings. The Labute approximate surface area is 119 Å². The molecule has 19 heavy (non-hydrogen) atoms. The highest BCUT2D eigenvalue weighted by Crippen LogP contribution is 2.22. The van der Waals surface area contributed by atoms with Crippen LogP contribution in [0.5, 0.6) is 0 Å². The summed E-state index contributed by atoms with van der Waals surface area (Å²) < 4.78 is 0. The van der Waals surface area contributed by atoms with Gasteiger partial charge < -0.3 is 15.3 Å². The Morgan fingerprint density at radius 3 is 2.00 bits per heavy atom. The second kappa shape index (κ2) is 8.20. The molecule has 0 bridgehead atoms. The maximum Gasteiger partial charge on any atom is 0.0558 e. The molecule has 4 heteroatoms. The number of piperazine rings is 1. The molecule has 2 N–H and O–H groups in total. The molecule has 1 unspecified atom stereocenters. The zero-order chi connectivity index (χ0) is 14.3. The monoisotopic (exact) mass is 271 g/mol. The summed E-state index contributed by atoms with van der Waals surface area (Å²) in [7, 11) is 0. The Kier molecular flexibility index (Phi) is 7.29. The predicted octanol–water partition coefficient (Wildman–Crippen LogP) is 1.01. The first-order valence-electron chi connectivity index (χ1n) is 7.76. The van der Waals surface area contributed by atoms with Crippen LogP contribution in [0.1, 0.15) is 34.1 Å². The van der Waals surface area contributed by atoms with Crippen molar-refractivity contribution in [1.82, 2.24) is 15.1 Å². The van der Waals surface area contributed by atoms with Gasteiger partial charge in [-0.3, -0.25) is 4.90 Å². The summed E-state index contributed by atoms with van der Waals surface area (Å²) in [4.78, 5) is 4.91. The lowest BCUT2D eigenvalue weighted by atomic mass is 9.84. The normalized spacial score (nSPS) is 20.7. The smallest absolute Gasteiger partial charge is 0.0558 e. The Bertz CT molecular complexity index is 232. The fraction of sp³-hybridized carbons (Fsp3) is 1.00. The van der Waals surface area contributed by atoms with Crippen LogP contribution in [-0.2, 0) is 0 Å². The number of β-amino-alcohol motifs (C(OH)–C–C–N with tert-alkyl or cyclic N) is 1. The van der Waals surface area contributed by atoms with Crippen LogP contribution in [0.2, 0.25) is 0 Å². The molecule has 0 spiro atoms. The topological polar surface area (TPSA) is 38.7 Å². The highest BCUT2D eigenvalue weighted by atomic mass is 16.3. The van der Waals surface area contributed by atoms with Crippen molar-refractivity contribution in [2.45, 2.75) is 40.2 Å². The van der Waals surface area contributed by atoms with Crippen molar-refractivity contribution in [3.05, 3.63) is 0 Å². The molecule has 1 aliphatic heterocycles. The second-order valence-electron chi connectivity index (χ2n) is 6.67. The minimum atomic E-state index is 0.284. The summed E-state index contributed by atoms with van der Waals surface area (Å²) in [5.41, 5.74) is 0.328. The van der Waals surface area contributed by atoms with Crippen LogP contribution in [0, 0.1) is 5.41 Å². The van der Waals surface area contributed by atoms with Crippen molar-refractivity contribution < 1.29 is 5.11 Å². The van der Waals surface area contributed by atoms with Gasteiger partial charge in [-0.1, -0.05) is 27.7 Å². The van der Waals surface area contributed by atoms with Crippen LogP contribution < -0.4 is 5.32 Å². The van der Waals surface area contributed by atoms with Gasteiger partial charge in [0, 0.05) is 38.8 Å². The summed E-state index contributed by atoms with van der Waals surface area (Å²) in [6.45, 7) is 17.0. The summed E-state index contributed by atoms with van der Waals surface area (Å²) in [6.07, 6.45) is 1.22. The average Bonchev–Trinajstić information content (AvgIpc) is 2.35. The Morgan fingerprint density at radius 1 is 1.05 bits per heavy atom. The fourth-order valence-electron chi connectivity index (χ4n) is 2.78. The first-order chi connectivity index (χ1) is 8.97. The molecule has 0 aromatic carbocycles. The number of hydrogen-bond acceptors (Lipinski definition) is 4. The third-order valence-corrected chi connectivity index (χ3v) is 4.11. The summed E-state index contributed by atoms with van der Waals surface area (Å²) >= 11 is 0. The fourth-order valence-corrected chi connectivity index (χ4v) is 2.78. The van der Waals surface area contributed by atoms with Gasteiger partial charge in [0.05, 0.1) is 6.61 Å². The average molecular weight is 271 g/mol. The third-order valence-electron chi connectivity index (χ3n) is 4.11. The Hall–Kier alpha value is -0.160. The SMILES string of the molecule is CCNC(CCN1CCN(CCO)CC1)C(C)(C)C. The molecule has 0 amide bonds. The van der Waals surface area contributed by atoms with E-state index in [1.165, 1.54) is 13.0 Å². The van der Waals surface area contributed by atoms with Gasteiger partial charge in [0.25, 0.3) is 0 Å². The number of nitrogens with zero attached hydrogens (tertiary/aromatic N) is 2. The van der Waals surface area contributed by atoms with E-state index in [1.807, 2.05) is 0 Å². The van der Waals surface area contributed by atoms with Crippen LogP contribution in [-0.4, -0.2) is 73.4 Å². The number of hydrogen-bond donors (Lipinski definition) is 2. The minimum absolute atomic E-state index is 0.284. The van der Waals surface area contributed by atoms with Crippen molar-refractivity contribution in [1.29, 1.82) is 0 Å². The molecular weight excluding hydrogens is 238 g/mol. The first-order valence-corrected chi connectivity index (χ1v) is 7.76. The molecule has 1 heterocycles. The molecular formula is C15H33N3O. The zero-order valence-corrected chi connectivity index (χ0v) is 13.3. The molecule has 1 rings (SSSR count). The van der Waals surface area contributed by atoms with Gasteiger partial charge in [-0.15, -0.1) is 0 Å². The molecule has 0 aromatic heterocycles. The van der Waals surface area contributed by atoms with Gasteiger partial charge in [-0.25, -0.2) is 0 Å². The van der Waals surface area contributed by atoms with E-state index in [2.05, 4.69) is 42.8 Å². The molecule has 0 aliphatic carbocycles. The Morgan fingerprint density at radius 2 is 1.58 bits per heavy atom. The highest BCUT2D eigenvalue weighted by molar-refractivity contribution is 4.82. The number of aliphatic hydroxyl groups excluding tert-OH is 1. The van der Waals surface area contributed by atoms with Gasteiger partial charge in [-0.2, -0.15) is 0 Å². The summed E-state index contributed by atoms with van der Waals surface area (Å²) in [6, 6.07) is 0.591. The molecule has 0 radical (unpaired) electrons. The van der Waals surface area contributed by atoms with E-state index < -0.39 is 0 Å². The first kappa shape index (κ1) is 16.9. The predicted molar refractivity (Wildman–Crippen MR) is 81.5 cm³/mol. The van der Waals surface area contributed by atoms with E-state index in [0.29, 0.717) is 11.5 Å². The van der Waals surface area contributed by atoms with Crippen LogP contribution >= 0.6 is 0 Å². The lowest BCUT2D eigenvalue weighted by Gasteiger charge is -2.37. The van der Waals surface area contributed by atoms with Crippen molar-refractivity contribution in [2.24, 2.45) is 5.41 Å². The van der Waals surface area contributed by atoms with Crippen molar-refractivity contribution >= 4 is 0 Å². The van der Waals surface area contributed by atoms with Crippen LogP contribution in [0.15, 0.2) is 0 Å². The number of rotatable bonds is 7. The highest BCUT2D eigenvalue weighted by Gasteiger charge is 2.25. The van der Waals surface area contributed by atoms with Crippen molar-refractivity contribution in [2.75, 3.05) is 52.4 Å². The number of nitrogens with one attached hydrogen (secondary N) is 1. The molecule has 114 valence electrons. The second-order valence-corrected chi connectivity index (χ2v) is 6.67. The van der Waals surface area contributed by atoms with Crippen LogP contribution in [0.4, 0.5) is 0 Å². The molecule has 4 nitrogen and oxygen atoms in total. The molecule has 0 aromatic rings. The maximum atomic E-state index is 8.95. The van der Waals surface area contributed by atoms with E-state index in [9.17, 15) is 0 Å². The van der Waals surface area contributed by atoms with Gasteiger partial charge >= 0.3 is 0 Å². The lowest BCUT2D eigenvalue weighted by Crippen LogP contribution is -2.49. The van der Waals surface area contributed by atoms with Crippen LogP contribution in [0.3, 0.4) is 0 Å². The molecule has 1 atom stereocenters. The van der Waals surface area contributed by atoms with Crippen molar-refractivity contribution in [3.8, 4) is 0 Å². The summed E-state index contributed by atoms with van der Waals surface area (Å²) in [5.74, 6) is 0. The van der Waals surface area contributed by atoms with Crippen LogP contribution in [0.25, 0.3) is 0 Å². The lowest BCUT2D eigenvalue weighted by molar-refractivity contribution is 0.105. The molecule has 0 saturated carbocycles. The zero-order valence-electron chi connectivity index (χ0n) is 13.3. The van der Waals surface area contributed by atoms with Gasteiger partial charge in [0.1, 0.15) is 0 Å². The molecule has 1 saturated heterocycles. The van der Waals surface area contributed by atoms with E-state index in [4.69, 9.17) is 5.11 Å². The third kappa shape index (κ3) is 6.21. The summed E-state index contributed by atoms with van der Waals surface area (Å²) in [5, 5.41) is 12.6. The van der Waals surface area contributed by atoms with E-state index in [0.717, 1.165) is 39.3 Å². The quantitative estimate of drug-likeness (QED) is 0.725. The molecule has 1 aliphatic rings. The largest absolute Gasteiger partial charge is 0.395 e. The van der Waals surface area contributed by atoms with E-state index in [-0.39, 0.29) is 6.61 Å². The van der Waals surface area contributed by atoms with Gasteiger partial charge in [0.15, 0.2) is 0 Å². The number of aliphatic hydroxyl groups is 1. The van der Waals surface area contributed by atoms with Gasteiger partial charge in [-0.05, 0) is 24.9 Å². The van der Waals surface area contributed by atoms with E-state index >= 15 is 0 Å². The van der Waals surface area contributed by atoms with Crippen molar-refractivity contribution in [3.63, 3.8) is 0 Å². The van der Waals surface area contributed by atoms with Gasteiger partial charge in [0.2, 0.25) is 0 Å². The Balaban J connectivity index is 2.28. The van der Waals surface area contributed by atoms with E-state index in [1.54, 1.807) is 0 Å². The maximum absolute atomic E-state index is 8.95. The minimum Gasteiger partial charge on any atom is -0.395 e. The standard InChI is InChI=1S/C15H33N3O/c1-5-16-14(15(2,3)4)6-7-17-8-10-18(11-9-17)12-13-19/h14,16,19H,5-13H2,1-4H3.